The van der Waals surface area contributed by atoms with E-state index in [0.717, 1.165) is 0 Å². The van der Waals surface area contributed by atoms with E-state index in [1.165, 1.54) is 25.3 Å². The number of hydrogen-bond donors (Lipinski definition) is 4. The minimum atomic E-state index is -3.88. The van der Waals surface area contributed by atoms with Crippen molar-refractivity contribution in [1.82, 2.24) is 4.72 Å². The minimum absolute atomic E-state index is 0.0660. The van der Waals surface area contributed by atoms with Crippen molar-refractivity contribution >= 4 is 27.6 Å². The Hall–Kier alpha value is -1.84. The fraction of sp³-hybridized carbons (Fsp3) is 0.300. The van der Waals surface area contributed by atoms with Gasteiger partial charge in [0.2, 0.25) is 0 Å². The molecule has 0 bridgehead atoms. The number of carbonyl (C=O) groups is 1. The molecule has 0 aromatic heterocycles. The number of nitrogens with one attached hydrogen (secondary N) is 2. The molecule has 5 N–H and O–H groups in total. The molecule has 0 heterocycles. The number of nitrogen functional groups attached to an aromatic ring is 1. The fourth-order valence-corrected chi connectivity index (χ4v) is 2.17. The number of anilines is 2. The topological polar surface area (TPSA) is 131 Å². The molecule has 0 saturated heterocycles. The summed E-state index contributed by atoms with van der Waals surface area (Å²) >= 11 is 0. The molecule has 0 spiro atoms. The Morgan fingerprint density at radius 3 is 2.74 bits per heavy atom. The van der Waals surface area contributed by atoms with E-state index in [-0.39, 0.29) is 30.1 Å². The molecule has 1 aromatic rings. The Kier molecular flexibility index (Phi) is 5.10. The molecule has 0 atom stereocenters. The Labute approximate surface area is 110 Å². The van der Waals surface area contributed by atoms with Gasteiger partial charge in [0.1, 0.15) is 0 Å². The molecule has 0 radical (unpaired) electrons. The number of benzene rings is 1. The van der Waals surface area contributed by atoms with Crippen LogP contribution in [0.25, 0.3) is 0 Å². The third kappa shape index (κ3) is 4.73. The Morgan fingerprint density at radius 1 is 1.47 bits per heavy atom. The molecule has 9 heteroatoms. The van der Waals surface area contributed by atoms with Gasteiger partial charge in [-0.3, -0.25) is 4.72 Å². The Morgan fingerprint density at radius 2 is 2.16 bits per heavy atom. The lowest BCUT2D eigenvalue weighted by Crippen LogP contribution is -2.33. The number of nitrogens with two attached hydrogens (primary N) is 1. The van der Waals surface area contributed by atoms with Crippen LogP contribution < -0.4 is 15.2 Å². The SMILES string of the molecule is COCCNS(=O)(=O)Nc1cc(N)ccc1C(=O)O. The van der Waals surface area contributed by atoms with Gasteiger partial charge in [-0.25, -0.2) is 4.79 Å². The molecular formula is C10H15N3O5S. The predicted octanol–water partition coefficient (Wildman–Crippen LogP) is -0.140. The average molecular weight is 289 g/mol. The molecule has 1 rings (SSSR count). The third-order valence-electron chi connectivity index (χ3n) is 2.12. The quantitative estimate of drug-likeness (QED) is 0.408. The van der Waals surface area contributed by atoms with Crippen LogP contribution in [-0.4, -0.2) is 39.8 Å². The van der Waals surface area contributed by atoms with Crippen LogP contribution in [-0.2, 0) is 14.9 Å². The zero-order chi connectivity index (χ0) is 14.5. The van der Waals surface area contributed by atoms with Crippen LogP contribution in [0.2, 0.25) is 0 Å². The van der Waals surface area contributed by atoms with Crippen LogP contribution in [0.1, 0.15) is 10.4 Å². The summed E-state index contributed by atoms with van der Waals surface area (Å²) in [4.78, 5) is 11.0. The zero-order valence-electron chi connectivity index (χ0n) is 10.2. The smallest absolute Gasteiger partial charge is 0.337 e. The summed E-state index contributed by atoms with van der Waals surface area (Å²) in [5, 5.41) is 8.95. The second-order valence-corrected chi connectivity index (χ2v) is 5.10. The van der Waals surface area contributed by atoms with Gasteiger partial charge in [0.05, 0.1) is 17.9 Å². The largest absolute Gasteiger partial charge is 0.478 e. The highest BCUT2D eigenvalue weighted by atomic mass is 32.2. The van der Waals surface area contributed by atoms with Crippen molar-refractivity contribution in [2.75, 3.05) is 30.7 Å². The van der Waals surface area contributed by atoms with Crippen molar-refractivity contribution in [3.8, 4) is 0 Å². The van der Waals surface area contributed by atoms with Crippen molar-refractivity contribution in [3.63, 3.8) is 0 Å². The van der Waals surface area contributed by atoms with E-state index in [1.807, 2.05) is 0 Å². The predicted molar refractivity (Wildman–Crippen MR) is 70.2 cm³/mol. The lowest BCUT2D eigenvalue weighted by Gasteiger charge is -2.11. The standard InChI is InChI=1S/C10H15N3O5S/c1-18-5-4-12-19(16,17)13-9-6-7(11)2-3-8(9)10(14)15/h2-3,6,12-13H,4-5,11H2,1H3,(H,14,15). The molecule has 0 saturated carbocycles. The molecule has 0 aliphatic carbocycles. The van der Waals surface area contributed by atoms with Gasteiger partial charge in [-0.2, -0.15) is 13.1 Å². The van der Waals surface area contributed by atoms with Gasteiger partial charge in [0, 0.05) is 19.3 Å². The zero-order valence-corrected chi connectivity index (χ0v) is 11.0. The Bertz CT molecular complexity index is 558. The molecule has 0 aliphatic heterocycles. The normalized spacial score (nSPS) is 11.2. The summed E-state index contributed by atoms with van der Waals surface area (Å²) in [5.74, 6) is -1.26. The summed E-state index contributed by atoms with van der Waals surface area (Å²) in [6.45, 7) is 0.264. The second-order valence-electron chi connectivity index (χ2n) is 3.60. The first-order chi connectivity index (χ1) is 8.85. The van der Waals surface area contributed by atoms with Crippen LogP contribution in [0.4, 0.5) is 11.4 Å². The van der Waals surface area contributed by atoms with Gasteiger partial charge < -0.3 is 15.6 Å². The van der Waals surface area contributed by atoms with E-state index in [2.05, 4.69) is 9.44 Å². The number of methoxy groups -OCH3 is 1. The monoisotopic (exact) mass is 289 g/mol. The summed E-state index contributed by atoms with van der Waals surface area (Å²) in [6, 6.07) is 3.84. The van der Waals surface area contributed by atoms with Crippen molar-refractivity contribution in [1.29, 1.82) is 0 Å². The number of rotatable bonds is 7. The van der Waals surface area contributed by atoms with Crippen molar-refractivity contribution in [2.45, 2.75) is 0 Å². The second kappa shape index (κ2) is 6.36. The first-order valence-corrected chi connectivity index (χ1v) is 6.73. The van der Waals surface area contributed by atoms with Gasteiger partial charge in [0.25, 0.3) is 10.2 Å². The minimum Gasteiger partial charge on any atom is -0.478 e. The van der Waals surface area contributed by atoms with Gasteiger partial charge >= 0.3 is 5.97 Å². The number of aromatic carboxylic acids is 1. The maximum Gasteiger partial charge on any atom is 0.337 e. The van der Waals surface area contributed by atoms with E-state index in [9.17, 15) is 13.2 Å². The summed E-state index contributed by atoms with van der Waals surface area (Å²) in [7, 11) is -2.45. The maximum atomic E-state index is 11.6. The molecule has 0 aliphatic rings. The van der Waals surface area contributed by atoms with Crippen LogP contribution in [0, 0.1) is 0 Å². The van der Waals surface area contributed by atoms with Crippen LogP contribution in [0.5, 0.6) is 0 Å². The number of carboxylic acid groups (broad SMARTS) is 1. The summed E-state index contributed by atoms with van der Waals surface area (Å²) in [5.41, 5.74) is 5.46. The molecule has 0 fully saturated rings. The van der Waals surface area contributed by atoms with Gasteiger partial charge in [-0.05, 0) is 18.2 Å². The Balaban J connectivity index is 2.92. The molecular weight excluding hydrogens is 274 g/mol. The fourth-order valence-electron chi connectivity index (χ4n) is 1.29. The lowest BCUT2D eigenvalue weighted by molar-refractivity contribution is 0.0698. The molecule has 19 heavy (non-hydrogen) atoms. The van der Waals surface area contributed by atoms with Gasteiger partial charge in [0.15, 0.2) is 0 Å². The van der Waals surface area contributed by atoms with E-state index in [0.29, 0.717) is 0 Å². The highest BCUT2D eigenvalue weighted by Crippen LogP contribution is 2.20. The van der Waals surface area contributed by atoms with Crippen LogP contribution in [0.3, 0.4) is 0 Å². The molecule has 106 valence electrons. The highest BCUT2D eigenvalue weighted by Gasteiger charge is 2.16. The molecule has 0 amide bonds. The molecule has 8 nitrogen and oxygen atoms in total. The number of hydrogen-bond acceptors (Lipinski definition) is 5. The van der Waals surface area contributed by atoms with Crippen molar-refractivity contribution < 1.29 is 23.1 Å². The van der Waals surface area contributed by atoms with E-state index in [4.69, 9.17) is 15.6 Å². The third-order valence-corrected chi connectivity index (χ3v) is 3.19. The first-order valence-electron chi connectivity index (χ1n) is 5.25. The molecule has 1 aromatic carbocycles. The average Bonchev–Trinajstić information content (AvgIpc) is 2.28. The van der Waals surface area contributed by atoms with E-state index >= 15 is 0 Å². The maximum absolute atomic E-state index is 11.6. The van der Waals surface area contributed by atoms with Gasteiger partial charge in [-0.1, -0.05) is 0 Å². The van der Waals surface area contributed by atoms with Crippen molar-refractivity contribution in [3.05, 3.63) is 23.8 Å². The summed E-state index contributed by atoms with van der Waals surface area (Å²) < 4.78 is 32.3. The van der Waals surface area contributed by atoms with E-state index in [1.54, 1.807) is 0 Å². The van der Waals surface area contributed by atoms with Gasteiger partial charge in [-0.15, -0.1) is 0 Å². The summed E-state index contributed by atoms with van der Waals surface area (Å²) in [6.07, 6.45) is 0. The number of ether oxygens (including phenoxy) is 1. The van der Waals surface area contributed by atoms with Crippen molar-refractivity contribution in [2.24, 2.45) is 0 Å². The van der Waals surface area contributed by atoms with E-state index < -0.39 is 16.2 Å². The van der Waals surface area contributed by atoms with Crippen LogP contribution in [0.15, 0.2) is 18.2 Å². The van der Waals surface area contributed by atoms with Crippen LogP contribution >= 0.6 is 0 Å². The molecule has 0 unspecified atom stereocenters. The highest BCUT2D eigenvalue weighted by molar-refractivity contribution is 7.90. The first kappa shape index (κ1) is 15.2. The lowest BCUT2D eigenvalue weighted by atomic mass is 10.1. The number of carboxylic acids is 1.